The van der Waals surface area contributed by atoms with Gasteiger partial charge in [0.05, 0.1) is 84.6 Å². The number of thiol groups is 3. The van der Waals surface area contributed by atoms with E-state index >= 15 is 0 Å². The number of hydrogen-bond donors (Lipinski definition) is 11. The van der Waals surface area contributed by atoms with Crippen molar-refractivity contribution in [1.82, 2.24) is 57.7 Å². The van der Waals surface area contributed by atoms with Crippen LogP contribution in [0.25, 0.3) is 11.2 Å². The predicted molar refractivity (Wildman–Crippen MR) is 388 cm³/mol. The number of anilines is 3. The van der Waals surface area contributed by atoms with Crippen LogP contribution in [-0.2, 0) is 99.4 Å². The minimum Gasteiger partial charge on any atom is -0.394 e. The number of aliphatic hydroxyl groups excluding tert-OH is 1. The van der Waals surface area contributed by atoms with Crippen molar-refractivity contribution in [3.05, 3.63) is 128 Å². The number of aromatic amines is 3. The molecule has 5 aliphatic rings. The molecule has 0 bridgehead atoms. The summed E-state index contributed by atoms with van der Waals surface area (Å²) in [5.74, 6) is -0.621. The molecule has 5 aliphatic heterocycles. The lowest BCUT2D eigenvalue weighted by molar-refractivity contribution is -0.0544. The molecule has 6 aromatic rings. The maximum atomic E-state index is 14.9. The van der Waals surface area contributed by atoms with Crippen LogP contribution in [0.5, 0.6) is 0 Å². The van der Waals surface area contributed by atoms with E-state index in [2.05, 4.69) is 71.6 Å². The summed E-state index contributed by atoms with van der Waals surface area (Å²) in [6, 6.07) is 3.84. The van der Waals surface area contributed by atoms with Crippen molar-refractivity contribution in [3.63, 3.8) is 0 Å². The predicted octanol–water partition coefficient (Wildman–Crippen LogP) is 1.44. The molecule has 6 aromatic heterocycles. The summed E-state index contributed by atoms with van der Waals surface area (Å²) in [4.78, 5) is 112. The van der Waals surface area contributed by atoms with Gasteiger partial charge in [-0.3, -0.25) is 79.3 Å². The monoisotopic (exact) mass is 1660 g/mol. The molecule has 11 heterocycles. The number of nitrogens with one attached hydrogen (secondary N) is 3. The summed E-state index contributed by atoms with van der Waals surface area (Å²) in [5.41, 5.74) is 17.7. The van der Waals surface area contributed by atoms with Crippen LogP contribution in [0.1, 0.15) is 82.7 Å². The lowest BCUT2D eigenvalue weighted by Crippen LogP contribution is -2.33. The number of fused-ring (bicyclic) bond motifs is 1. The van der Waals surface area contributed by atoms with E-state index in [-0.39, 0.29) is 105 Å². The Balaban J connectivity index is 0.816. The van der Waals surface area contributed by atoms with Gasteiger partial charge in [0.25, 0.3) is 16.7 Å². The van der Waals surface area contributed by atoms with E-state index < -0.39 is 179 Å². The Bertz CT molecular complexity index is 4780. The molecule has 43 nitrogen and oxygen atoms in total. The summed E-state index contributed by atoms with van der Waals surface area (Å²) in [6.07, 6.45) is -11.1. The number of nitrogens with zero attached hydrogens (tertiary/aromatic N) is 9. The van der Waals surface area contributed by atoms with Crippen molar-refractivity contribution in [1.29, 1.82) is 0 Å². The smallest absolute Gasteiger partial charge is 0.386 e. The van der Waals surface area contributed by atoms with Gasteiger partial charge in [0.1, 0.15) is 85.5 Å². The summed E-state index contributed by atoms with van der Waals surface area (Å²) in [7, 11) is 0. The van der Waals surface area contributed by atoms with Crippen molar-refractivity contribution in [2.45, 2.75) is 139 Å². The van der Waals surface area contributed by atoms with Crippen LogP contribution in [-0.4, -0.2) is 190 Å². The number of aryl methyl sites for hydroxylation is 1. The van der Waals surface area contributed by atoms with Crippen LogP contribution in [0, 0.1) is 18.8 Å². The molecule has 0 saturated carbocycles. The van der Waals surface area contributed by atoms with E-state index in [1.165, 1.54) is 53.1 Å². The van der Waals surface area contributed by atoms with Crippen molar-refractivity contribution < 1.29 is 92.7 Å². The zero-order chi connectivity index (χ0) is 76.9. The number of imidazole rings is 1. The van der Waals surface area contributed by atoms with Crippen LogP contribution in [0.4, 0.5) is 17.6 Å². The van der Waals surface area contributed by atoms with Crippen LogP contribution in [0.3, 0.4) is 0 Å². The first kappa shape index (κ1) is 82.5. The number of aliphatic hydroxyl groups is 1. The van der Waals surface area contributed by atoms with Crippen molar-refractivity contribution >= 4 is 104 Å². The topological polar surface area (TPSA) is 566 Å². The first-order chi connectivity index (χ1) is 50.8. The highest BCUT2D eigenvalue weighted by Crippen LogP contribution is 2.61. The van der Waals surface area contributed by atoms with Gasteiger partial charge in [-0.25, -0.2) is 37.9 Å². The Kier molecular flexibility index (Phi) is 27.4. The quantitative estimate of drug-likeness (QED) is 0.0151. The summed E-state index contributed by atoms with van der Waals surface area (Å²) < 4.78 is 147. The maximum absolute atomic E-state index is 14.9. The highest BCUT2D eigenvalue weighted by Gasteiger charge is 2.50. The standard InChI is InChI=1S/C56H80N16O27P4S4/c1-28(2)30-16-43(68-8-4-40(58)62-53(68)77)92-36(30)23-90-103(107,86-15-14-85-13-12-84-11-7-57)99-34-20-46(71-21-29(3)50(75)67-56(71)80)94-39(34)26-89-102(83,106)98-33-19-47(72-27-61-48-49(72)65-52(60)66-51(48)76)95-38(33)25-88-101(82,105)97-32-18-45(69-9-5-41(59)63-54(69)78)93-37(32)24-87-100(81,104)96-31-17-44(91-35(31)22-73)70-10-6-42(74)64-55(70)79/h4-6,8-10,21,27-28,30-39,43-47,73H,7,11-20,22-26,57H2,1-3H3,(H,81,104)(H,82,105)(H,83,106)(H2,58,62,77)(H2,59,63,78)(H,64,74,79)(H,67,75,80)(H3,60,65,66,76)/t30?,31?,32?,33?,34?,35-,36-,37-,38-,39-,43-,44-,45-,46-,47-,100?,101?,102?,103?/m1/s1. The number of aromatic nitrogens is 12. The van der Waals surface area contributed by atoms with Gasteiger partial charge in [-0.1, -0.05) is 50.6 Å². The van der Waals surface area contributed by atoms with Crippen LogP contribution in [0.2, 0.25) is 0 Å². The van der Waals surface area contributed by atoms with Crippen molar-refractivity contribution in [3.8, 4) is 0 Å². The fourth-order valence-corrected chi connectivity index (χ4v) is 19.1. The summed E-state index contributed by atoms with van der Waals surface area (Å²) >= 11 is 19.0. The minimum atomic E-state index is -4.76. The van der Waals surface area contributed by atoms with Crippen LogP contribution in [0.15, 0.2) is 82.9 Å². The van der Waals surface area contributed by atoms with Crippen molar-refractivity contribution in [2.24, 2.45) is 17.6 Å². The number of H-pyrrole nitrogens is 3. The number of ether oxygens (including phenoxy) is 7. The average molecular weight is 1660 g/mol. The van der Waals surface area contributed by atoms with E-state index in [0.717, 1.165) is 26.0 Å². The zero-order valence-electron chi connectivity index (χ0n) is 57.1. The molecule has 9 unspecified atom stereocenters. The van der Waals surface area contributed by atoms with E-state index in [4.69, 9.17) is 109 Å². The second-order valence-electron chi connectivity index (χ2n) is 25.2. The van der Waals surface area contributed by atoms with E-state index in [9.17, 15) is 52.4 Å². The van der Waals surface area contributed by atoms with E-state index in [1.807, 2.05) is 13.8 Å². The lowest BCUT2D eigenvalue weighted by atomic mass is 9.89. The third kappa shape index (κ3) is 21.0. The number of nitrogens with two attached hydrogens (primary N) is 4. The molecule has 0 radical (unpaired) electrons. The molecule has 0 amide bonds. The Morgan fingerprint density at radius 1 is 0.561 bits per heavy atom. The largest absolute Gasteiger partial charge is 0.394 e. The Hall–Kier alpha value is -5.46. The highest BCUT2D eigenvalue weighted by atomic mass is 32.7. The fourth-order valence-electron chi connectivity index (χ4n) is 12.4. The molecule has 107 heavy (non-hydrogen) atoms. The Labute approximate surface area is 625 Å². The van der Waals surface area contributed by atoms with Gasteiger partial charge < -0.3 is 74.8 Å². The fraction of sp³-hybridized carbons (Fsp3) is 0.625. The van der Waals surface area contributed by atoms with Crippen LogP contribution < -0.4 is 62.4 Å². The molecule has 0 aliphatic carbocycles. The SMILES string of the molecule is Cc1cn([C@H]2CC(OP(=S)(OCCOCCOCCN)OC[C@H]3O[C@@H](n4ccc(N)nc4=O)CC3C(C)C)[C@@H](COP(=O)(S)OC3C[C@H](n4cnc5c(=O)[nH]c(N)nc54)O[C@@H]3COP(=O)(S)OC3C[C@H](n4ccc(N)nc4=O)O[C@@H]3COP(=O)(S)OC3C[C@H](n4ccc(=O)[nH]c4=O)O[C@@H]3CO)O2)c(=O)[nH]c1=O. The molecule has 19 atom stereocenters. The molecule has 5 saturated heterocycles. The maximum Gasteiger partial charge on any atom is 0.386 e. The van der Waals surface area contributed by atoms with Gasteiger partial charge in [-0.05, 0) is 49.1 Å². The number of rotatable bonds is 36. The molecule has 0 spiro atoms. The molecular formula is C56H80N16O27P4S4. The molecular weight excluding hydrogens is 1580 g/mol. The van der Waals surface area contributed by atoms with Crippen molar-refractivity contribution in [2.75, 3.05) is 89.8 Å². The Morgan fingerprint density at radius 2 is 1.02 bits per heavy atom. The third-order valence-electron chi connectivity index (χ3n) is 17.5. The molecule has 11 rings (SSSR count). The minimum absolute atomic E-state index is 0.0135. The first-order valence-electron chi connectivity index (χ1n) is 33.1. The van der Waals surface area contributed by atoms with Gasteiger partial charge in [-0.2, -0.15) is 15.0 Å². The molecule has 0 aromatic carbocycles. The van der Waals surface area contributed by atoms with E-state index in [1.54, 1.807) is 0 Å². The second kappa shape index (κ2) is 35.5. The number of nitrogen functional groups attached to an aromatic ring is 3. The van der Waals surface area contributed by atoms with Gasteiger partial charge in [0, 0.05) is 68.6 Å². The zero-order valence-corrected chi connectivity index (χ0v) is 64.2. The molecule has 590 valence electrons. The summed E-state index contributed by atoms with van der Waals surface area (Å²) in [6.45, 7) is -15.0. The number of hydrogen-bond acceptors (Lipinski definition) is 36. The first-order valence-corrected chi connectivity index (χ1v) is 43.7. The van der Waals surface area contributed by atoms with Gasteiger partial charge >= 0.3 is 49.9 Å². The van der Waals surface area contributed by atoms with Crippen LogP contribution >= 0.6 is 63.9 Å². The normalized spacial score (nSPS) is 28.3. The van der Waals surface area contributed by atoms with Gasteiger partial charge in [0.15, 0.2) is 11.2 Å². The van der Waals surface area contributed by atoms with Gasteiger partial charge in [-0.15, -0.1) is 0 Å². The average Bonchev–Trinajstić information content (AvgIpc) is 1.64. The lowest BCUT2D eigenvalue weighted by Gasteiger charge is -2.30. The molecule has 51 heteroatoms. The Morgan fingerprint density at radius 3 is 1.55 bits per heavy atom. The van der Waals surface area contributed by atoms with Gasteiger partial charge in [0.2, 0.25) is 5.95 Å². The molecule has 5 fully saturated rings. The highest BCUT2D eigenvalue weighted by molar-refractivity contribution is 8.45. The second-order valence-corrected chi connectivity index (χ2v) is 36.8. The summed E-state index contributed by atoms with van der Waals surface area (Å²) in [5, 5.41) is 10.2. The van der Waals surface area contributed by atoms with E-state index in [0.29, 0.717) is 19.6 Å². The molecule has 12 N–H and O–H groups in total. The third-order valence-corrected chi connectivity index (χ3v) is 24.8.